The molecule has 0 bridgehead atoms. The molecule has 0 aliphatic rings. The number of quaternary nitrogens is 1. The predicted octanol–water partition coefficient (Wildman–Crippen LogP) is 22.2. The lowest BCUT2D eigenvalue weighted by atomic mass is 10.0. The molecule has 9 nitrogen and oxygen atoms in total. The Bertz CT molecular complexity index is 2060. The molecule has 2 atom stereocenters. The van der Waals surface area contributed by atoms with Gasteiger partial charge in [-0.1, -0.05) is 274 Å². The van der Waals surface area contributed by atoms with Gasteiger partial charge in [-0.2, -0.15) is 0 Å². The quantitative estimate of drug-likeness (QED) is 0.0211. The van der Waals surface area contributed by atoms with E-state index in [9.17, 15) is 19.0 Å². The Hall–Kier alpha value is -4.63. The fourth-order valence-corrected chi connectivity index (χ4v) is 9.36. The zero-order chi connectivity index (χ0) is 62.6. The molecule has 0 aliphatic carbocycles. The molecule has 0 fully saturated rings. The summed E-state index contributed by atoms with van der Waals surface area (Å²) in [4.78, 5) is 35.8. The lowest BCUT2D eigenvalue weighted by Gasteiger charge is -2.24. The Labute approximate surface area is 528 Å². The van der Waals surface area contributed by atoms with Crippen LogP contribution in [-0.4, -0.2) is 74.9 Å². The third-order valence-corrected chi connectivity index (χ3v) is 14.7. The summed E-state index contributed by atoms with van der Waals surface area (Å²) in [6, 6.07) is 0. The molecule has 86 heavy (non-hydrogen) atoms. The average molecular weight is 1210 g/mol. The van der Waals surface area contributed by atoms with Gasteiger partial charge in [0.15, 0.2) is 6.10 Å². The maximum absolute atomic E-state index is 12.9. The minimum absolute atomic E-state index is 0.0143. The van der Waals surface area contributed by atoms with Crippen LogP contribution in [0.1, 0.15) is 245 Å². The first-order chi connectivity index (χ1) is 42.0. The van der Waals surface area contributed by atoms with E-state index in [2.05, 4.69) is 184 Å². The minimum atomic E-state index is -4.42. The molecule has 0 radical (unpaired) electrons. The zero-order valence-electron chi connectivity index (χ0n) is 55.2. The molecule has 0 aromatic rings. The van der Waals surface area contributed by atoms with Crippen LogP contribution in [0.25, 0.3) is 0 Å². The minimum Gasteiger partial charge on any atom is -0.462 e. The van der Waals surface area contributed by atoms with Crippen LogP contribution in [0.4, 0.5) is 0 Å². The molecule has 10 heteroatoms. The molecular weight excluding hydrogens is 1090 g/mol. The molecule has 0 aromatic carbocycles. The van der Waals surface area contributed by atoms with Crippen LogP contribution in [0, 0.1) is 0 Å². The number of rotatable bonds is 60. The monoisotopic (exact) mass is 1210 g/mol. The van der Waals surface area contributed by atoms with E-state index in [0.717, 1.165) is 122 Å². The van der Waals surface area contributed by atoms with E-state index >= 15 is 0 Å². The van der Waals surface area contributed by atoms with E-state index < -0.39 is 26.5 Å². The van der Waals surface area contributed by atoms with E-state index in [1.807, 2.05) is 21.1 Å². The van der Waals surface area contributed by atoms with Crippen LogP contribution >= 0.6 is 7.82 Å². The average Bonchev–Trinajstić information content (AvgIpc) is 3.70. The van der Waals surface area contributed by atoms with Gasteiger partial charge in [-0.05, 0) is 128 Å². The fraction of sp³-hybridized carbons (Fsp3) is 0.605. The number of likely N-dealkylation sites (N-methyl/N-ethyl adjacent to an activating group) is 1. The molecule has 1 N–H and O–H groups in total. The lowest BCUT2D eigenvalue weighted by molar-refractivity contribution is -0.870. The van der Waals surface area contributed by atoms with Crippen molar-refractivity contribution >= 4 is 19.8 Å². The van der Waals surface area contributed by atoms with Crippen molar-refractivity contribution in [2.45, 2.75) is 251 Å². The highest BCUT2D eigenvalue weighted by Crippen LogP contribution is 2.43. The first-order valence-electron chi connectivity index (χ1n) is 33.9. The molecule has 0 rings (SSSR count). The van der Waals surface area contributed by atoms with Gasteiger partial charge in [0.25, 0.3) is 0 Å². The van der Waals surface area contributed by atoms with Gasteiger partial charge in [-0.15, -0.1) is 0 Å². The van der Waals surface area contributed by atoms with E-state index in [1.165, 1.54) is 89.9 Å². The molecule has 0 aliphatic heterocycles. The number of carbonyl (C=O) groups excluding carboxylic acids is 2. The lowest BCUT2D eigenvalue weighted by Crippen LogP contribution is -2.37. The molecule has 0 saturated carbocycles. The SMILES string of the molecule is CC/C=C\C/C=C\C/C=C\C/C=C\C/C=C\C/C=C\C/C=C\C/C=C\C/C=C\C/C=C\CCCCC(=O)OC(COC(=O)CCCCCCCCCCCCCCCCCC/C=C\C/C=C\C/C=C\C/C=C\CC)COP(=O)(O)OCC[N+](C)(C)C. The van der Waals surface area contributed by atoms with Gasteiger partial charge >= 0.3 is 19.8 Å². The topological polar surface area (TPSA) is 108 Å². The van der Waals surface area contributed by atoms with Crippen molar-refractivity contribution < 1.29 is 42.1 Å². The summed E-state index contributed by atoms with van der Waals surface area (Å²) >= 11 is 0. The highest BCUT2D eigenvalue weighted by molar-refractivity contribution is 7.47. The summed E-state index contributed by atoms with van der Waals surface area (Å²) in [6.07, 6.45) is 98.8. The second-order valence-electron chi connectivity index (χ2n) is 23.1. The van der Waals surface area contributed by atoms with Crippen molar-refractivity contribution in [1.82, 2.24) is 0 Å². The second kappa shape index (κ2) is 64.8. The predicted molar refractivity (Wildman–Crippen MR) is 371 cm³/mol. The van der Waals surface area contributed by atoms with Crippen molar-refractivity contribution in [3.63, 3.8) is 0 Å². The highest BCUT2D eigenvalue weighted by atomic mass is 31.2. The van der Waals surface area contributed by atoms with E-state index in [4.69, 9.17) is 18.5 Å². The number of carbonyl (C=O) groups is 2. The maximum Gasteiger partial charge on any atom is 0.472 e. The van der Waals surface area contributed by atoms with Gasteiger partial charge in [0, 0.05) is 12.8 Å². The number of esters is 2. The summed E-state index contributed by atoms with van der Waals surface area (Å²) < 4.78 is 34.6. The van der Waals surface area contributed by atoms with Crippen LogP contribution in [0.5, 0.6) is 0 Å². The Morgan fingerprint density at radius 3 is 0.953 bits per heavy atom. The van der Waals surface area contributed by atoms with E-state index in [1.54, 1.807) is 0 Å². The van der Waals surface area contributed by atoms with Gasteiger partial charge in [0.1, 0.15) is 19.8 Å². The highest BCUT2D eigenvalue weighted by Gasteiger charge is 2.27. The number of ether oxygens (including phenoxy) is 2. The van der Waals surface area contributed by atoms with Crippen molar-refractivity contribution in [1.29, 1.82) is 0 Å². The van der Waals surface area contributed by atoms with Gasteiger partial charge in [0.2, 0.25) is 0 Å². The number of allylic oxidation sites excluding steroid dienone is 28. The maximum atomic E-state index is 12.9. The van der Waals surface area contributed by atoms with Crippen LogP contribution in [0.2, 0.25) is 0 Å². The summed E-state index contributed by atoms with van der Waals surface area (Å²) in [7, 11) is 1.43. The molecule has 486 valence electrons. The van der Waals surface area contributed by atoms with E-state index in [-0.39, 0.29) is 32.0 Å². The molecule has 0 aromatic heterocycles. The van der Waals surface area contributed by atoms with Crippen LogP contribution in [0.15, 0.2) is 170 Å². The summed E-state index contributed by atoms with van der Waals surface area (Å²) in [5, 5.41) is 0. The molecule has 0 heterocycles. The largest absolute Gasteiger partial charge is 0.472 e. The van der Waals surface area contributed by atoms with Gasteiger partial charge in [-0.25, -0.2) is 4.57 Å². The first-order valence-corrected chi connectivity index (χ1v) is 35.4. The summed E-state index contributed by atoms with van der Waals surface area (Å²) in [5.41, 5.74) is 0. The Kier molecular flexibility index (Phi) is 61.3. The van der Waals surface area contributed by atoms with Gasteiger partial charge < -0.3 is 18.9 Å². The number of hydrogen-bond donors (Lipinski definition) is 1. The number of nitrogens with zero attached hydrogens (tertiary/aromatic N) is 1. The van der Waals surface area contributed by atoms with Crippen molar-refractivity contribution in [3.05, 3.63) is 170 Å². The molecule has 2 unspecified atom stereocenters. The van der Waals surface area contributed by atoms with Crippen molar-refractivity contribution in [2.24, 2.45) is 0 Å². The van der Waals surface area contributed by atoms with Crippen molar-refractivity contribution in [2.75, 3.05) is 47.5 Å². The molecule has 0 amide bonds. The molecular formula is C76H125NO8P+. The zero-order valence-corrected chi connectivity index (χ0v) is 56.1. The second-order valence-corrected chi connectivity index (χ2v) is 24.5. The van der Waals surface area contributed by atoms with Gasteiger partial charge in [-0.3, -0.25) is 18.6 Å². The number of phosphoric acid groups is 1. The van der Waals surface area contributed by atoms with Crippen LogP contribution in [-0.2, 0) is 32.7 Å². The summed E-state index contributed by atoms with van der Waals surface area (Å²) in [6.45, 7) is 4.15. The van der Waals surface area contributed by atoms with Crippen LogP contribution < -0.4 is 0 Å². The van der Waals surface area contributed by atoms with Crippen LogP contribution in [0.3, 0.4) is 0 Å². The standard InChI is InChI=1S/C76H124NO8P/c1-6-8-10-12-14-16-18-20-22-24-26-28-30-32-34-36-37-38-39-41-43-45-47-49-51-53-55-57-59-61-63-65-67-69-76(79)85-74(73-84-86(80,81)83-71-70-77(3,4)5)72-82-75(78)68-66-64-62-60-58-56-54-52-50-48-46-44-42-40-35-33-31-29-27-25-23-21-19-17-15-13-11-9-7-2/h8-11,14-17,20-23,26-29,32,34,37-38,41,43,47,49,53,55,59,61,74H,6-7,12-13,18-19,24-25,30-31,33,35-36,39-40,42,44-46,48,50-52,54,56-58,60,62-73H2,1-5H3/p+1/b10-8-,11-9-,16-14-,17-15-,22-20-,23-21-,28-26-,29-27-,34-32-,38-37-,43-41-,49-47-,55-53-,61-59-. The normalized spacial score (nSPS) is 14.3. The Morgan fingerprint density at radius 1 is 0.360 bits per heavy atom. The smallest absolute Gasteiger partial charge is 0.462 e. The van der Waals surface area contributed by atoms with E-state index in [0.29, 0.717) is 17.4 Å². The number of unbranched alkanes of at least 4 members (excludes halogenated alkanes) is 18. The summed E-state index contributed by atoms with van der Waals surface area (Å²) in [5.74, 6) is -0.857. The third-order valence-electron chi connectivity index (χ3n) is 13.7. The fourth-order valence-electron chi connectivity index (χ4n) is 8.62. The Morgan fingerprint density at radius 2 is 0.628 bits per heavy atom. The molecule has 0 spiro atoms. The van der Waals surface area contributed by atoms with Crippen molar-refractivity contribution in [3.8, 4) is 0 Å². The number of hydrogen-bond acceptors (Lipinski definition) is 7. The van der Waals surface area contributed by atoms with Gasteiger partial charge in [0.05, 0.1) is 27.7 Å². The first kappa shape index (κ1) is 81.4. The molecule has 0 saturated heterocycles. The third kappa shape index (κ3) is 68.5. The number of phosphoric ester groups is 1. The Balaban J connectivity index is 4.21.